The van der Waals surface area contributed by atoms with E-state index < -0.39 is 12.2 Å². The maximum Gasteiger partial charge on any atom is 0.163 e. The van der Waals surface area contributed by atoms with Crippen LogP contribution in [-0.4, -0.2) is 24.9 Å². The summed E-state index contributed by atoms with van der Waals surface area (Å²) in [5, 5.41) is 10.5. The molecular weight excluding hydrogens is 268 g/mol. The van der Waals surface area contributed by atoms with E-state index in [1.165, 1.54) is 0 Å². The van der Waals surface area contributed by atoms with Crippen LogP contribution >= 0.6 is 0 Å². The van der Waals surface area contributed by atoms with Crippen molar-refractivity contribution in [3.8, 4) is 17.2 Å². The molecule has 0 fully saturated rings. The molecule has 0 saturated heterocycles. The molecule has 2 atom stereocenters. The Kier molecular flexibility index (Phi) is 3.71. The van der Waals surface area contributed by atoms with Crippen molar-refractivity contribution < 1.29 is 19.3 Å². The minimum Gasteiger partial charge on any atom is -0.496 e. The molecule has 0 saturated carbocycles. The van der Waals surface area contributed by atoms with E-state index in [9.17, 15) is 5.11 Å². The second-order valence-electron chi connectivity index (χ2n) is 5.09. The molecule has 2 unspecified atom stereocenters. The molecule has 1 aliphatic heterocycles. The molecule has 0 aliphatic carbocycles. The van der Waals surface area contributed by atoms with Crippen LogP contribution in [0.15, 0.2) is 42.5 Å². The fourth-order valence-corrected chi connectivity index (χ4v) is 2.49. The van der Waals surface area contributed by atoms with Gasteiger partial charge in [-0.15, -0.1) is 0 Å². The van der Waals surface area contributed by atoms with E-state index in [0.717, 1.165) is 16.9 Å². The molecule has 0 radical (unpaired) electrons. The highest BCUT2D eigenvalue weighted by atomic mass is 16.6. The number of fused-ring (bicyclic) bond motifs is 1. The Morgan fingerprint density at radius 1 is 1.19 bits per heavy atom. The fourth-order valence-electron chi connectivity index (χ4n) is 2.49. The molecule has 21 heavy (non-hydrogen) atoms. The van der Waals surface area contributed by atoms with E-state index in [-0.39, 0.29) is 0 Å². The summed E-state index contributed by atoms with van der Waals surface area (Å²) >= 11 is 0. The molecule has 1 aliphatic rings. The highest BCUT2D eigenvalue weighted by Crippen LogP contribution is 2.35. The van der Waals surface area contributed by atoms with Crippen molar-refractivity contribution in [2.24, 2.45) is 0 Å². The number of hydrogen-bond acceptors (Lipinski definition) is 4. The zero-order valence-electron chi connectivity index (χ0n) is 12.1. The van der Waals surface area contributed by atoms with Gasteiger partial charge in [0, 0.05) is 0 Å². The number of benzene rings is 2. The lowest BCUT2D eigenvalue weighted by Crippen LogP contribution is -2.34. The zero-order valence-corrected chi connectivity index (χ0v) is 12.1. The number of aryl methyl sites for hydroxylation is 1. The first-order chi connectivity index (χ1) is 10.2. The Morgan fingerprint density at radius 3 is 2.67 bits per heavy atom. The van der Waals surface area contributed by atoms with E-state index >= 15 is 0 Å². The number of hydrogen-bond donors (Lipinski definition) is 1. The van der Waals surface area contributed by atoms with Crippen LogP contribution in [0.2, 0.25) is 0 Å². The van der Waals surface area contributed by atoms with Crippen molar-refractivity contribution in [2.75, 3.05) is 13.7 Å². The van der Waals surface area contributed by atoms with Gasteiger partial charge in [0.05, 0.1) is 7.11 Å². The molecule has 110 valence electrons. The van der Waals surface area contributed by atoms with Crippen molar-refractivity contribution in [2.45, 2.75) is 19.1 Å². The summed E-state index contributed by atoms with van der Waals surface area (Å²) in [4.78, 5) is 0. The molecule has 4 heteroatoms. The monoisotopic (exact) mass is 286 g/mol. The van der Waals surface area contributed by atoms with Crippen molar-refractivity contribution in [3.63, 3.8) is 0 Å². The Morgan fingerprint density at radius 2 is 1.95 bits per heavy atom. The van der Waals surface area contributed by atoms with E-state index in [1.54, 1.807) is 7.11 Å². The number of methoxy groups -OCH3 is 1. The molecule has 3 rings (SSSR count). The minimum absolute atomic E-state index is 0.323. The number of aliphatic hydroxyl groups excluding tert-OH is 1. The normalized spacial score (nSPS) is 18.1. The van der Waals surface area contributed by atoms with Gasteiger partial charge in [-0.2, -0.15) is 0 Å². The molecule has 2 aromatic carbocycles. The lowest BCUT2D eigenvalue weighted by Gasteiger charge is -2.30. The third kappa shape index (κ3) is 2.67. The first-order valence-electron chi connectivity index (χ1n) is 6.90. The van der Waals surface area contributed by atoms with Crippen LogP contribution in [-0.2, 0) is 0 Å². The summed E-state index contributed by atoms with van der Waals surface area (Å²) in [5.74, 6) is 2.18. The first-order valence-corrected chi connectivity index (χ1v) is 6.90. The van der Waals surface area contributed by atoms with Gasteiger partial charge in [0.2, 0.25) is 0 Å². The standard InChI is InChI=1S/C17H18O4/c1-11-9-12(7-8-13(11)19-2)17(18)16-10-20-14-5-3-4-6-15(14)21-16/h3-9,16-18H,10H2,1-2H3. The lowest BCUT2D eigenvalue weighted by molar-refractivity contribution is -0.0113. The predicted molar refractivity (Wildman–Crippen MR) is 79.0 cm³/mol. The SMILES string of the molecule is COc1ccc(C(O)C2COc3ccccc3O2)cc1C. The van der Waals surface area contributed by atoms with E-state index in [4.69, 9.17) is 14.2 Å². The topological polar surface area (TPSA) is 47.9 Å². The Labute approximate surface area is 123 Å². The van der Waals surface area contributed by atoms with Gasteiger partial charge in [-0.05, 0) is 42.3 Å². The van der Waals surface area contributed by atoms with Crippen molar-refractivity contribution in [1.82, 2.24) is 0 Å². The van der Waals surface area contributed by atoms with Crippen LogP contribution in [0.1, 0.15) is 17.2 Å². The second kappa shape index (κ2) is 5.66. The zero-order chi connectivity index (χ0) is 14.8. The average Bonchev–Trinajstić information content (AvgIpc) is 2.53. The van der Waals surface area contributed by atoms with Crippen molar-refractivity contribution >= 4 is 0 Å². The third-order valence-electron chi connectivity index (χ3n) is 3.64. The highest BCUT2D eigenvalue weighted by molar-refractivity contribution is 5.41. The van der Waals surface area contributed by atoms with Gasteiger partial charge in [-0.3, -0.25) is 0 Å². The number of rotatable bonds is 3. The third-order valence-corrected chi connectivity index (χ3v) is 3.64. The van der Waals surface area contributed by atoms with Crippen molar-refractivity contribution in [3.05, 3.63) is 53.6 Å². The van der Waals surface area contributed by atoms with Gasteiger partial charge >= 0.3 is 0 Å². The molecule has 0 amide bonds. The van der Waals surface area contributed by atoms with Crippen LogP contribution in [0, 0.1) is 6.92 Å². The van der Waals surface area contributed by atoms with Crippen LogP contribution in [0.5, 0.6) is 17.2 Å². The van der Waals surface area contributed by atoms with Crippen molar-refractivity contribution in [1.29, 1.82) is 0 Å². The molecule has 1 heterocycles. The van der Waals surface area contributed by atoms with Gasteiger partial charge in [0.1, 0.15) is 18.5 Å². The van der Waals surface area contributed by atoms with E-state index in [1.807, 2.05) is 49.4 Å². The summed E-state index contributed by atoms with van der Waals surface area (Å²) in [6.07, 6.45) is -1.17. The summed E-state index contributed by atoms with van der Waals surface area (Å²) in [7, 11) is 1.63. The fraction of sp³-hybridized carbons (Fsp3) is 0.294. The molecule has 0 aromatic heterocycles. The Balaban J connectivity index is 1.80. The maximum atomic E-state index is 10.5. The smallest absolute Gasteiger partial charge is 0.163 e. The molecule has 0 bridgehead atoms. The van der Waals surface area contributed by atoms with E-state index in [0.29, 0.717) is 18.1 Å². The second-order valence-corrected chi connectivity index (χ2v) is 5.09. The number of para-hydroxylation sites is 2. The van der Waals surface area contributed by atoms with Gasteiger partial charge in [0.15, 0.2) is 17.6 Å². The number of ether oxygens (including phenoxy) is 3. The van der Waals surface area contributed by atoms with Gasteiger partial charge in [-0.1, -0.05) is 18.2 Å². The van der Waals surface area contributed by atoms with Gasteiger partial charge in [0.25, 0.3) is 0 Å². The van der Waals surface area contributed by atoms with E-state index in [2.05, 4.69) is 0 Å². The summed E-state index contributed by atoms with van der Waals surface area (Å²) in [5.41, 5.74) is 1.77. The van der Waals surface area contributed by atoms with Gasteiger partial charge < -0.3 is 19.3 Å². The molecular formula is C17H18O4. The molecule has 4 nitrogen and oxygen atoms in total. The first kappa shape index (κ1) is 13.8. The summed E-state index contributed by atoms with van der Waals surface area (Å²) in [6.45, 7) is 2.27. The lowest BCUT2D eigenvalue weighted by atomic mass is 10.0. The largest absolute Gasteiger partial charge is 0.496 e. The predicted octanol–water partition coefficient (Wildman–Crippen LogP) is 2.88. The summed E-state index contributed by atoms with van der Waals surface area (Å²) in [6, 6.07) is 13.1. The Hall–Kier alpha value is -2.20. The molecule has 1 N–H and O–H groups in total. The number of aliphatic hydroxyl groups is 1. The minimum atomic E-state index is -0.747. The Bertz CT molecular complexity index is 638. The highest BCUT2D eigenvalue weighted by Gasteiger charge is 2.28. The molecule has 0 spiro atoms. The van der Waals surface area contributed by atoms with Crippen LogP contribution < -0.4 is 14.2 Å². The van der Waals surface area contributed by atoms with Crippen LogP contribution in [0.3, 0.4) is 0 Å². The van der Waals surface area contributed by atoms with Crippen LogP contribution in [0.4, 0.5) is 0 Å². The molecule has 2 aromatic rings. The average molecular weight is 286 g/mol. The van der Waals surface area contributed by atoms with Crippen LogP contribution in [0.25, 0.3) is 0 Å². The maximum absolute atomic E-state index is 10.5. The quantitative estimate of drug-likeness (QED) is 0.942. The summed E-state index contributed by atoms with van der Waals surface area (Å²) < 4.78 is 16.7. The van der Waals surface area contributed by atoms with Gasteiger partial charge in [-0.25, -0.2) is 0 Å².